The van der Waals surface area contributed by atoms with Gasteiger partial charge in [0.05, 0.1) is 10.8 Å². The third-order valence-electron chi connectivity index (χ3n) is 2.66. The van der Waals surface area contributed by atoms with E-state index < -0.39 is 10.8 Å². The molecule has 0 heterocycles. The van der Waals surface area contributed by atoms with E-state index in [4.69, 9.17) is 5.73 Å². The fourth-order valence-corrected chi connectivity index (χ4v) is 3.10. The van der Waals surface area contributed by atoms with Crippen LogP contribution >= 0.6 is 0 Å². The summed E-state index contributed by atoms with van der Waals surface area (Å²) < 4.78 is 11.9. The molecule has 14 heavy (non-hydrogen) atoms. The van der Waals surface area contributed by atoms with Crippen molar-refractivity contribution in [1.82, 2.24) is 0 Å². The van der Waals surface area contributed by atoms with Crippen molar-refractivity contribution in [2.24, 2.45) is 5.92 Å². The van der Waals surface area contributed by atoms with E-state index in [0.717, 1.165) is 21.9 Å². The average Bonchev–Trinajstić information content (AvgIpc) is 2.93. The molecule has 2 rings (SSSR count). The highest BCUT2D eigenvalue weighted by atomic mass is 32.2. The van der Waals surface area contributed by atoms with Crippen LogP contribution < -0.4 is 5.73 Å². The van der Waals surface area contributed by atoms with Crippen LogP contribution in [0, 0.1) is 12.8 Å². The standard InChI is InChI=1S/C11H15NOS/c1-8-10(12)3-2-4-11(8)14(13)7-9-5-6-9/h2-4,9H,5-7,12H2,1H3. The first-order valence-electron chi connectivity index (χ1n) is 4.92. The first-order valence-corrected chi connectivity index (χ1v) is 6.24. The highest BCUT2D eigenvalue weighted by Crippen LogP contribution is 2.31. The number of hydrogen-bond acceptors (Lipinski definition) is 2. The Hall–Kier alpha value is -0.830. The van der Waals surface area contributed by atoms with Crippen molar-refractivity contribution >= 4 is 16.5 Å². The van der Waals surface area contributed by atoms with Crippen LogP contribution in [0.1, 0.15) is 18.4 Å². The largest absolute Gasteiger partial charge is 0.398 e. The molecule has 2 nitrogen and oxygen atoms in total. The molecule has 0 bridgehead atoms. The van der Waals surface area contributed by atoms with Crippen LogP contribution in [0.3, 0.4) is 0 Å². The van der Waals surface area contributed by atoms with E-state index in [2.05, 4.69) is 0 Å². The Morgan fingerprint density at radius 1 is 1.50 bits per heavy atom. The Morgan fingerprint density at radius 3 is 2.86 bits per heavy atom. The van der Waals surface area contributed by atoms with E-state index in [1.807, 2.05) is 25.1 Å². The molecule has 1 saturated carbocycles. The third kappa shape index (κ3) is 1.98. The Kier molecular flexibility index (Phi) is 2.59. The van der Waals surface area contributed by atoms with Crippen LogP contribution in [-0.2, 0) is 10.8 Å². The second-order valence-electron chi connectivity index (χ2n) is 3.93. The van der Waals surface area contributed by atoms with Crippen molar-refractivity contribution < 1.29 is 4.21 Å². The summed E-state index contributed by atoms with van der Waals surface area (Å²) in [5, 5.41) is 0. The highest BCUT2D eigenvalue weighted by Gasteiger charge is 2.24. The summed E-state index contributed by atoms with van der Waals surface area (Å²) in [6.45, 7) is 1.94. The van der Waals surface area contributed by atoms with Crippen LogP contribution in [-0.4, -0.2) is 9.96 Å². The fraction of sp³-hybridized carbons (Fsp3) is 0.455. The Morgan fingerprint density at radius 2 is 2.21 bits per heavy atom. The van der Waals surface area contributed by atoms with Gasteiger partial charge < -0.3 is 5.73 Å². The van der Waals surface area contributed by atoms with Crippen molar-refractivity contribution in [3.63, 3.8) is 0 Å². The predicted octanol–water partition coefficient (Wildman–Crippen LogP) is 2.09. The van der Waals surface area contributed by atoms with Gasteiger partial charge in [0.15, 0.2) is 0 Å². The topological polar surface area (TPSA) is 43.1 Å². The van der Waals surface area contributed by atoms with Gasteiger partial charge in [0.1, 0.15) is 0 Å². The minimum Gasteiger partial charge on any atom is -0.398 e. The summed E-state index contributed by atoms with van der Waals surface area (Å²) in [6.07, 6.45) is 2.49. The summed E-state index contributed by atoms with van der Waals surface area (Å²) in [5.41, 5.74) is 7.49. The van der Waals surface area contributed by atoms with E-state index in [1.54, 1.807) is 0 Å². The third-order valence-corrected chi connectivity index (χ3v) is 4.36. The number of anilines is 1. The minimum absolute atomic E-state index is 0.691. The molecule has 1 unspecified atom stereocenters. The first kappa shape index (κ1) is 9.71. The normalized spacial score (nSPS) is 18.1. The van der Waals surface area contributed by atoms with Gasteiger partial charge in [-0.25, -0.2) is 0 Å². The van der Waals surface area contributed by atoms with Gasteiger partial charge in [-0.05, 0) is 43.4 Å². The lowest BCUT2D eigenvalue weighted by atomic mass is 10.2. The van der Waals surface area contributed by atoms with Crippen molar-refractivity contribution in [1.29, 1.82) is 0 Å². The van der Waals surface area contributed by atoms with Crippen molar-refractivity contribution in [2.75, 3.05) is 11.5 Å². The second-order valence-corrected chi connectivity index (χ2v) is 5.39. The SMILES string of the molecule is Cc1c(N)cccc1S(=O)CC1CC1. The predicted molar refractivity (Wildman–Crippen MR) is 59.6 cm³/mol. The minimum atomic E-state index is -0.853. The Bertz CT molecular complexity index is 372. The summed E-state index contributed by atoms with van der Waals surface area (Å²) >= 11 is 0. The highest BCUT2D eigenvalue weighted by molar-refractivity contribution is 7.85. The molecular weight excluding hydrogens is 194 g/mol. The summed E-state index contributed by atoms with van der Waals surface area (Å²) in [7, 11) is -0.853. The van der Waals surface area contributed by atoms with Gasteiger partial charge in [-0.2, -0.15) is 0 Å². The molecule has 1 atom stereocenters. The molecule has 0 aliphatic heterocycles. The number of nitrogens with two attached hydrogens (primary N) is 1. The maximum Gasteiger partial charge on any atom is 0.0535 e. The maximum absolute atomic E-state index is 11.9. The molecule has 1 aliphatic carbocycles. The molecule has 0 aromatic heterocycles. The van der Waals surface area contributed by atoms with Crippen LogP contribution in [0.25, 0.3) is 0 Å². The summed E-state index contributed by atoms with van der Waals surface area (Å²) in [6, 6.07) is 5.65. The molecular formula is C11H15NOS. The van der Waals surface area contributed by atoms with Gasteiger partial charge in [-0.3, -0.25) is 4.21 Å². The molecule has 0 spiro atoms. The number of hydrogen-bond donors (Lipinski definition) is 1. The van der Waals surface area contributed by atoms with E-state index in [1.165, 1.54) is 12.8 Å². The van der Waals surface area contributed by atoms with Gasteiger partial charge in [-0.1, -0.05) is 6.07 Å². The van der Waals surface area contributed by atoms with Gasteiger partial charge in [0.25, 0.3) is 0 Å². The van der Waals surface area contributed by atoms with Crippen LogP contribution in [0.5, 0.6) is 0 Å². The van der Waals surface area contributed by atoms with Gasteiger partial charge in [-0.15, -0.1) is 0 Å². The van der Waals surface area contributed by atoms with Crippen molar-refractivity contribution in [3.05, 3.63) is 23.8 Å². The molecule has 3 heteroatoms. The zero-order valence-corrected chi connectivity index (χ0v) is 9.14. The molecule has 1 aliphatic rings. The van der Waals surface area contributed by atoms with Crippen LogP contribution in [0.15, 0.2) is 23.1 Å². The average molecular weight is 209 g/mol. The van der Waals surface area contributed by atoms with Gasteiger partial charge >= 0.3 is 0 Å². The number of nitrogen functional groups attached to an aromatic ring is 1. The molecule has 0 saturated heterocycles. The number of benzene rings is 1. The maximum atomic E-state index is 11.9. The molecule has 0 radical (unpaired) electrons. The molecule has 1 fully saturated rings. The molecule has 1 aromatic carbocycles. The lowest BCUT2D eigenvalue weighted by Gasteiger charge is -2.07. The molecule has 76 valence electrons. The van der Waals surface area contributed by atoms with E-state index >= 15 is 0 Å². The molecule has 0 amide bonds. The second kappa shape index (κ2) is 3.73. The van der Waals surface area contributed by atoms with Crippen molar-refractivity contribution in [3.8, 4) is 0 Å². The lowest BCUT2D eigenvalue weighted by molar-refractivity contribution is 0.679. The van der Waals surface area contributed by atoms with Crippen LogP contribution in [0.4, 0.5) is 5.69 Å². The van der Waals surface area contributed by atoms with Crippen molar-refractivity contribution in [2.45, 2.75) is 24.7 Å². The van der Waals surface area contributed by atoms with Crippen LogP contribution in [0.2, 0.25) is 0 Å². The first-order chi connectivity index (χ1) is 6.68. The Balaban J connectivity index is 2.21. The monoisotopic (exact) mass is 209 g/mol. The quantitative estimate of drug-likeness (QED) is 0.775. The molecule has 1 aromatic rings. The zero-order chi connectivity index (χ0) is 10.1. The fourth-order valence-electron chi connectivity index (χ4n) is 1.47. The Labute approximate surface area is 87.0 Å². The van der Waals surface area contributed by atoms with E-state index in [-0.39, 0.29) is 0 Å². The molecule has 2 N–H and O–H groups in total. The summed E-state index contributed by atoms with van der Waals surface area (Å²) in [4.78, 5) is 0.914. The zero-order valence-electron chi connectivity index (χ0n) is 8.32. The summed E-state index contributed by atoms with van der Waals surface area (Å²) in [5.74, 6) is 1.50. The van der Waals surface area contributed by atoms with E-state index in [9.17, 15) is 4.21 Å². The smallest absolute Gasteiger partial charge is 0.0535 e. The van der Waals surface area contributed by atoms with E-state index in [0.29, 0.717) is 5.92 Å². The lowest BCUT2D eigenvalue weighted by Crippen LogP contribution is -2.03. The number of rotatable bonds is 3. The van der Waals surface area contributed by atoms with Gasteiger partial charge in [0, 0.05) is 16.3 Å². The van der Waals surface area contributed by atoms with Gasteiger partial charge in [0.2, 0.25) is 0 Å².